The van der Waals surface area contributed by atoms with E-state index in [4.69, 9.17) is 0 Å². The Bertz CT molecular complexity index is 3110. The van der Waals surface area contributed by atoms with Crippen LogP contribution in [0.5, 0.6) is 0 Å². The van der Waals surface area contributed by atoms with Gasteiger partial charge in [-0.3, -0.25) is 0 Å². The fourth-order valence-electron chi connectivity index (χ4n) is 12.1. The highest BCUT2D eigenvalue weighted by Gasteiger charge is 2.45. The summed E-state index contributed by atoms with van der Waals surface area (Å²) in [4.78, 5) is 5.23. The molecule has 0 unspecified atom stereocenters. The first kappa shape index (κ1) is 41.9. The minimum Gasteiger partial charge on any atom is -0.311 e. The highest BCUT2D eigenvalue weighted by atomic mass is 15.2. The molecular weight excluding hydrogens is 784 g/mol. The molecule has 0 aromatic heterocycles. The number of rotatable bonds is 3. The molecule has 4 aliphatic rings. The fraction of sp³-hybridized carbons (Fsp3) is 0.323. The largest absolute Gasteiger partial charge is 0.311 e. The van der Waals surface area contributed by atoms with Crippen LogP contribution >= 0.6 is 0 Å². The van der Waals surface area contributed by atoms with E-state index < -0.39 is 0 Å². The van der Waals surface area contributed by atoms with E-state index in [1.165, 1.54) is 125 Å². The lowest BCUT2D eigenvalue weighted by Gasteiger charge is -2.46. The Morgan fingerprint density at radius 3 is 1.58 bits per heavy atom. The number of aryl methyl sites for hydroxylation is 1. The van der Waals surface area contributed by atoms with Gasteiger partial charge in [-0.05, 0) is 168 Å². The highest BCUT2D eigenvalue weighted by Crippen LogP contribution is 2.53. The summed E-state index contributed by atoms with van der Waals surface area (Å²) in [5.74, 6) is 0. The normalized spacial score (nSPS) is 17.2. The maximum absolute atomic E-state index is 2.63. The maximum Gasteiger partial charge on any atom is 0.252 e. The summed E-state index contributed by atoms with van der Waals surface area (Å²) in [7, 11) is 0. The molecule has 0 saturated carbocycles. The Hall–Kier alpha value is -5.80. The van der Waals surface area contributed by atoms with Gasteiger partial charge in [0.15, 0.2) is 0 Å². The minimum atomic E-state index is -0.0440. The molecule has 2 aliphatic carbocycles. The van der Waals surface area contributed by atoms with Gasteiger partial charge in [-0.2, -0.15) is 0 Å². The molecule has 2 nitrogen and oxygen atoms in total. The third kappa shape index (κ3) is 6.27. The Balaban J connectivity index is 1.14. The topological polar surface area (TPSA) is 6.48 Å². The fourth-order valence-corrected chi connectivity index (χ4v) is 12.1. The van der Waals surface area contributed by atoms with Crippen LogP contribution in [0.3, 0.4) is 0 Å². The van der Waals surface area contributed by atoms with Crippen molar-refractivity contribution >= 4 is 57.2 Å². The van der Waals surface area contributed by atoms with E-state index >= 15 is 0 Å². The molecule has 11 rings (SSSR count). The molecule has 7 aromatic carbocycles. The van der Waals surface area contributed by atoms with E-state index in [1.54, 1.807) is 0 Å². The van der Waals surface area contributed by atoms with Crippen LogP contribution in [-0.4, -0.2) is 6.71 Å². The van der Waals surface area contributed by atoms with Crippen LogP contribution in [0.4, 0.5) is 34.1 Å². The third-order valence-corrected chi connectivity index (χ3v) is 16.1. The van der Waals surface area contributed by atoms with E-state index in [-0.39, 0.29) is 33.8 Å². The molecule has 0 saturated heterocycles. The Morgan fingerprint density at radius 1 is 0.462 bits per heavy atom. The van der Waals surface area contributed by atoms with Crippen molar-refractivity contribution in [1.29, 1.82) is 0 Å². The van der Waals surface area contributed by atoms with E-state index in [2.05, 4.69) is 233 Å². The van der Waals surface area contributed by atoms with Crippen LogP contribution in [0.25, 0.3) is 22.3 Å². The molecule has 0 spiro atoms. The molecule has 3 heteroatoms. The van der Waals surface area contributed by atoms with Crippen molar-refractivity contribution in [2.24, 2.45) is 0 Å². The predicted molar refractivity (Wildman–Crippen MR) is 281 cm³/mol. The molecular formula is C62H65BN2. The summed E-state index contributed by atoms with van der Waals surface area (Å²) in [5, 5.41) is 0. The molecule has 326 valence electrons. The first-order chi connectivity index (χ1) is 30.6. The molecule has 0 atom stereocenters. The quantitative estimate of drug-likeness (QED) is 0.163. The smallest absolute Gasteiger partial charge is 0.252 e. The summed E-state index contributed by atoms with van der Waals surface area (Å²) in [5.41, 5.74) is 26.8. The minimum absolute atomic E-state index is 0.00489. The van der Waals surface area contributed by atoms with Crippen LogP contribution in [0.15, 0.2) is 133 Å². The standard InChI is InChI=1S/C62H65BN2/c1-38-33-54-57-55(34-38)65(43-27-28-47-49(37-43)61(10,11)32-31-60(47,8)9)53-36-41(59(5,6)7)24-30-51(53)63(57)50-29-23-40(58(2,3)4)35-52(50)64(54)42-25-21-39(22-26-42)44-18-16-20-48-56(44)45-17-14-15-19-46(45)62(48,12)13/h14-30,33-37H,31-32H2,1-13H3. The lowest BCUT2D eigenvalue weighted by Crippen LogP contribution is -2.61. The van der Waals surface area contributed by atoms with Crippen molar-refractivity contribution in [3.05, 3.63) is 172 Å². The maximum atomic E-state index is 2.63. The van der Waals surface area contributed by atoms with Crippen molar-refractivity contribution in [2.45, 2.75) is 130 Å². The van der Waals surface area contributed by atoms with Gasteiger partial charge in [0.1, 0.15) is 0 Å². The van der Waals surface area contributed by atoms with Crippen molar-refractivity contribution in [3.63, 3.8) is 0 Å². The van der Waals surface area contributed by atoms with Gasteiger partial charge >= 0.3 is 0 Å². The average Bonchev–Trinajstić information content (AvgIpc) is 3.50. The Labute approximate surface area is 389 Å². The van der Waals surface area contributed by atoms with E-state index in [0.717, 1.165) is 0 Å². The SMILES string of the molecule is Cc1cc2c3c(c1)N(c1ccc4c(c1)C(C)(C)CCC4(C)C)c1cc(C(C)(C)C)ccc1B3c1ccc(C(C)(C)C)cc1N2c1ccc(-c2cccc3c2-c2ccccc2C3(C)C)cc1. The zero-order valence-corrected chi connectivity index (χ0v) is 41.1. The van der Waals surface area contributed by atoms with Crippen molar-refractivity contribution in [2.75, 3.05) is 9.80 Å². The van der Waals surface area contributed by atoms with Crippen molar-refractivity contribution < 1.29 is 0 Å². The summed E-state index contributed by atoms with van der Waals surface area (Å²) in [6.45, 7) is 30.9. The second-order valence-electron chi connectivity index (χ2n) is 23.8. The zero-order valence-electron chi connectivity index (χ0n) is 41.1. The molecule has 7 aromatic rings. The van der Waals surface area contributed by atoms with Crippen LogP contribution in [0.1, 0.15) is 135 Å². The third-order valence-electron chi connectivity index (χ3n) is 16.1. The van der Waals surface area contributed by atoms with Gasteiger partial charge in [-0.1, -0.05) is 168 Å². The van der Waals surface area contributed by atoms with Gasteiger partial charge in [0.25, 0.3) is 6.71 Å². The predicted octanol–water partition coefficient (Wildman–Crippen LogP) is 15.0. The van der Waals surface area contributed by atoms with Gasteiger partial charge in [0.05, 0.1) is 0 Å². The zero-order chi connectivity index (χ0) is 45.7. The van der Waals surface area contributed by atoms with Crippen LogP contribution in [0, 0.1) is 6.92 Å². The summed E-state index contributed by atoms with van der Waals surface area (Å²) in [6.07, 6.45) is 2.38. The molecule has 0 N–H and O–H groups in total. The van der Waals surface area contributed by atoms with Crippen molar-refractivity contribution in [3.8, 4) is 22.3 Å². The summed E-state index contributed by atoms with van der Waals surface area (Å²) >= 11 is 0. The molecule has 0 fully saturated rings. The number of nitrogens with zero attached hydrogens (tertiary/aromatic N) is 2. The van der Waals surface area contributed by atoms with Crippen LogP contribution < -0.4 is 26.2 Å². The first-order valence-electron chi connectivity index (χ1n) is 24.2. The second kappa shape index (κ2) is 13.9. The van der Waals surface area contributed by atoms with E-state index in [0.29, 0.717) is 0 Å². The molecule has 2 heterocycles. The van der Waals surface area contributed by atoms with Gasteiger partial charge in [0.2, 0.25) is 0 Å². The van der Waals surface area contributed by atoms with Crippen molar-refractivity contribution in [1.82, 2.24) is 0 Å². The molecule has 65 heavy (non-hydrogen) atoms. The average molecular weight is 849 g/mol. The summed E-state index contributed by atoms with van der Waals surface area (Å²) in [6, 6.07) is 52.5. The Kier molecular flexibility index (Phi) is 8.93. The molecule has 0 amide bonds. The lowest BCUT2D eigenvalue weighted by atomic mass is 9.33. The van der Waals surface area contributed by atoms with Crippen LogP contribution in [0.2, 0.25) is 0 Å². The Morgan fingerprint density at radius 2 is 0.985 bits per heavy atom. The van der Waals surface area contributed by atoms with E-state index in [9.17, 15) is 0 Å². The number of anilines is 6. The molecule has 0 radical (unpaired) electrons. The highest BCUT2D eigenvalue weighted by molar-refractivity contribution is 7.00. The van der Waals surface area contributed by atoms with Gasteiger partial charge in [0, 0.05) is 39.5 Å². The van der Waals surface area contributed by atoms with E-state index in [1.807, 2.05) is 0 Å². The van der Waals surface area contributed by atoms with Gasteiger partial charge < -0.3 is 9.80 Å². The summed E-state index contributed by atoms with van der Waals surface area (Å²) < 4.78 is 0. The number of hydrogen-bond acceptors (Lipinski definition) is 2. The van der Waals surface area contributed by atoms with Gasteiger partial charge in [-0.15, -0.1) is 0 Å². The number of benzene rings is 7. The monoisotopic (exact) mass is 849 g/mol. The molecule has 2 aliphatic heterocycles. The second-order valence-corrected chi connectivity index (χ2v) is 23.8. The number of hydrogen-bond donors (Lipinski definition) is 0. The first-order valence-corrected chi connectivity index (χ1v) is 24.2. The lowest BCUT2D eigenvalue weighted by molar-refractivity contribution is 0.332. The van der Waals surface area contributed by atoms with Crippen LogP contribution in [-0.2, 0) is 27.1 Å². The van der Waals surface area contributed by atoms with Gasteiger partial charge in [-0.25, -0.2) is 0 Å². The number of fused-ring (bicyclic) bond motifs is 8. The molecule has 0 bridgehead atoms.